The van der Waals surface area contributed by atoms with Gasteiger partial charge in [-0.05, 0) is 40.0 Å². The number of carbonyl (C=O) groups is 2. The Morgan fingerprint density at radius 2 is 2.16 bits per heavy atom. The average Bonchev–Trinajstić information content (AvgIpc) is 3.18. The van der Waals surface area contributed by atoms with Gasteiger partial charge in [0.2, 0.25) is 5.91 Å². The number of nitrogens with zero attached hydrogens (tertiary/aromatic N) is 4. The van der Waals surface area contributed by atoms with E-state index < -0.39 is 17.7 Å². The zero-order valence-electron chi connectivity index (χ0n) is 15.6. The van der Waals surface area contributed by atoms with Crippen molar-refractivity contribution in [1.82, 2.24) is 25.2 Å². The van der Waals surface area contributed by atoms with Gasteiger partial charge in [0.05, 0.1) is 12.7 Å². The average molecular weight is 351 g/mol. The number of carbonyl (C=O) groups excluding carboxylic acids is 2. The normalized spacial score (nSPS) is 17.6. The molecular weight excluding hydrogens is 322 g/mol. The number of likely N-dealkylation sites (tertiary alicyclic amines) is 1. The van der Waals surface area contributed by atoms with E-state index in [-0.39, 0.29) is 5.91 Å². The molecule has 1 aromatic heterocycles. The zero-order valence-corrected chi connectivity index (χ0v) is 15.6. The van der Waals surface area contributed by atoms with Crippen LogP contribution < -0.4 is 5.32 Å². The Kier molecular flexibility index (Phi) is 6.39. The van der Waals surface area contributed by atoms with Gasteiger partial charge in [-0.25, -0.2) is 4.79 Å². The fourth-order valence-electron chi connectivity index (χ4n) is 2.72. The fraction of sp³-hybridized carbons (Fsp3) is 0.765. The van der Waals surface area contributed by atoms with Crippen molar-refractivity contribution in [2.45, 2.75) is 78.1 Å². The lowest BCUT2D eigenvalue weighted by Gasteiger charge is -2.27. The van der Waals surface area contributed by atoms with Gasteiger partial charge in [-0.3, -0.25) is 14.4 Å². The topological polar surface area (TPSA) is 89.4 Å². The van der Waals surface area contributed by atoms with Crippen LogP contribution in [0.25, 0.3) is 0 Å². The number of hydrogen-bond donors (Lipinski definition) is 1. The third kappa shape index (κ3) is 5.72. The van der Waals surface area contributed by atoms with Gasteiger partial charge >= 0.3 is 6.09 Å². The van der Waals surface area contributed by atoms with Crippen LogP contribution in [0.1, 0.15) is 59.1 Å². The summed E-state index contributed by atoms with van der Waals surface area (Å²) >= 11 is 0. The highest BCUT2D eigenvalue weighted by Gasteiger charge is 2.36. The Hall–Kier alpha value is -2.12. The third-order valence-corrected chi connectivity index (χ3v) is 3.95. The Balaban J connectivity index is 1.86. The van der Waals surface area contributed by atoms with E-state index >= 15 is 0 Å². The van der Waals surface area contributed by atoms with Crippen LogP contribution in [-0.4, -0.2) is 50.1 Å². The van der Waals surface area contributed by atoms with Gasteiger partial charge in [-0.2, -0.15) is 0 Å². The summed E-state index contributed by atoms with van der Waals surface area (Å²) in [7, 11) is 0. The summed E-state index contributed by atoms with van der Waals surface area (Å²) in [6, 6.07) is -0.481. The molecule has 140 valence electrons. The summed E-state index contributed by atoms with van der Waals surface area (Å²) in [6.07, 6.45) is 4.99. The maximum atomic E-state index is 12.5. The molecule has 1 saturated heterocycles. The number of unbranched alkanes of at least 4 members (excludes halogenated alkanes) is 1. The van der Waals surface area contributed by atoms with Crippen molar-refractivity contribution in [2.24, 2.45) is 0 Å². The van der Waals surface area contributed by atoms with Crippen LogP contribution in [0.3, 0.4) is 0 Å². The largest absolute Gasteiger partial charge is 0.444 e. The molecule has 1 aromatic rings. The first-order valence-electron chi connectivity index (χ1n) is 8.96. The van der Waals surface area contributed by atoms with Crippen molar-refractivity contribution in [3.63, 3.8) is 0 Å². The minimum atomic E-state index is -0.572. The molecule has 0 saturated carbocycles. The van der Waals surface area contributed by atoms with E-state index in [1.54, 1.807) is 4.68 Å². The van der Waals surface area contributed by atoms with Gasteiger partial charge in [0.25, 0.3) is 0 Å². The predicted molar refractivity (Wildman–Crippen MR) is 92.7 cm³/mol. The van der Waals surface area contributed by atoms with Crippen LogP contribution in [0.15, 0.2) is 6.20 Å². The van der Waals surface area contributed by atoms with E-state index in [2.05, 4.69) is 22.6 Å². The quantitative estimate of drug-likeness (QED) is 0.848. The molecule has 0 unspecified atom stereocenters. The number of aryl methyl sites for hydroxylation is 1. The molecule has 1 aliphatic heterocycles. The van der Waals surface area contributed by atoms with Gasteiger partial charge in [0.15, 0.2) is 0 Å². The minimum absolute atomic E-state index is 0.175. The molecule has 2 heterocycles. The maximum Gasteiger partial charge on any atom is 0.410 e. The lowest BCUT2D eigenvalue weighted by atomic mass is 10.2. The van der Waals surface area contributed by atoms with Crippen molar-refractivity contribution < 1.29 is 14.3 Å². The Morgan fingerprint density at radius 3 is 2.84 bits per heavy atom. The van der Waals surface area contributed by atoms with Crippen LogP contribution >= 0.6 is 0 Å². The molecule has 0 aliphatic carbocycles. The smallest absolute Gasteiger partial charge is 0.410 e. The van der Waals surface area contributed by atoms with E-state index in [4.69, 9.17) is 4.74 Å². The third-order valence-electron chi connectivity index (χ3n) is 3.95. The molecule has 1 fully saturated rings. The molecule has 0 radical (unpaired) electrons. The molecule has 8 nitrogen and oxygen atoms in total. The van der Waals surface area contributed by atoms with E-state index in [1.807, 2.05) is 27.0 Å². The number of ether oxygens (including phenoxy) is 1. The van der Waals surface area contributed by atoms with Crippen molar-refractivity contribution >= 4 is 12.0 Å². The minimum Gasteiger partial charge on any atom is -0.444 e. The summed E-state index contributed by atoms with van der Waals surface area (Å²) in [6.45, 7) is 9.25. The van der Waals surface area contributed by atoms with E-state index in [1.165, 1.54) is 4.90 Å². The predicted octanol–water partition coefficient (Wildman–Crippen LogP) is 2.09. The summed E-state index contributed by atoms with van der Waals surface area (Å²) < 4.78 is 7.17. The highest BCUT2D eigenvalue weighted by Crippen LogP contribution is 2.21. The number of rotatable bonds is 6. The first-order chi connectivity index (χ1) is 11.8. The standard InChI is InChI=1S/C17H29N5O3/c1-5-6-9-21-12-13(19-20-21)11-18-15(23)14-8-7-10-22(14)16(24)25-17(2,3)4/h12,14H,5-11H2,1-4H3,(H,18,23)/t14-/m0/s1. The van der Waals surface area contributed by atoms with Crippen molar-refractivity contribution in [3.05, 3.63) is 11.9 Å². The zero-order chi connectivity index (χ0) is 18.4. The van der Waals surface area contributed by atoms with Crippen LogP contribution in [0.2, 0.25) is 0 Å². The Labute approximate surface area is 148 Å². The number of aromatic nitrogens is 3. The summed E-state index contributed by atoms with van der Waals surface area (Å²) in [4.78, 5) is 26.2. The van der Waals surface area contributed by atoms with Gasteiger partial charge in [0, 0.05) is 13.1 Å². The highest BCUT2D eigenvalue weighted by atomic mass is 16.6. The monoisotopic (exact) mass is 351 g/mol. The lowest BCUT2D eigenvalue weighted by molar-refractivity contribution is -0.125. The van der Waals surface area contributed by atoms with E-state index in [0.717, 1.165) is 25.8 Å². The first-order valence-corrected chi connectivity index (χ1v) is 8.96. The number of nitrogens with one attached hydrogen (secondary N) is 1. The van der Waals surface area contributed by atoms with Crippen LogP contribution in [0.4, 0.5) is 4.79 Å². The Morgan fingerprint density at radius 1 is 1.40 bits per heavy atom. The van der Waals surface area contributed by atoms with Gasteiger partial charge < -0.3 is 10.1 Å². The van der Waals surface area contributed by atoms with Crippen molar-refractivity contribution in [3.8, 4) is 0 Å². The molecule has 1 atom stereocenters. The second-order valence-electron chi connectivity index (χ2n) is 7.38. The summed E-state index contributed by atoms with van der Waals surface area (Å²) in [5, 5.41) is 11.0. The van der Waals surface area contributed by atoms with Gasteiger partial charge in [-0.1, -0.05) is 18.6 Å². The molecule has 1 aliphatic rings. The van der Waals surface area contributed by atoms with Crippen LogP contribution in [0.5, 0.6) is 0 Å². The second-order valence-corrected chi connectivity index (χ2v) is 7.38. The highest BCUT2D eigenvalue weighted by molar-refractivity contribution is 5.86. The van der Waals surface area contributed by atoms with Crippen molar-refractivity contribution in [1.29, 1.82) is 0 Å². The first kappa shape index (κ1) is 19.2. The molecule has 25 heavy (non-hydrogen) atoms. The molecule has 1 N–H and O–H groups in total. The summed E-state index contributed by atoms with van der Waals surface area (Å²) in [5.74, 6) is -0.175. The summed E-state index contributed by atoms with van der Waals surface area (Å²) in [5.41, 5.74) is 0.142. The molecule has 0 aromatic carbocycles. The molecule has 0 bridgehead atoms. The molecule has 0 spiro atoms. The number of amides is 2. The molecule has 8 heteroatoms. The molecular formula is C17H29N5O3. The van der Waals surface area contributed by atoms with Crippen LogP contribution in [-0.2, 0) is 22.6 Å². The van der Waals surface area contributed by atoms with E-state index in [0.29, 0.717) is 25.2 Å². The lowest BCUT2D eigenvalue weighted by Crippen LogP contribution is -2.47. The van der Waals surface area contributed by atoms with E-state index in [9.17, 15) is 9.59 Å². The second kappa shape index (κ2) is 8.31. The van der Waals surface area contributed by atoms with Gasteiger partial charge in [-0.15, -0.1) is 5.10 Å². The number of hydrogen-bond acceptors (Lipinski definition) is 5. The Bertz CT molecular complexity index is 593. The van der Waals surface area contributed by atoms with Crippen LogP contribution in [0, 0.1) is 0 Å². The maximum absolute atomic E-state index is 12.5. The van der Waals surface area contributed by atoms with Crippen molar-refractivity contribution in [2.75, 3.05) is 6.54 Å². The van der Waals surface area contributed by atoms with Gasteiger partial charge in [0.1, 0.15) is 17.3 Å². The SMILES string of the molecule is CCCCn1cc(CNC(=O)[C@@H]2CCCN2C(=O)OC(C)(C)C)nn1. The molecule has 2 amide bonds. The fourth-order valence-corrected chi connectivity index (χ4v) is 2.72. The molecule has 2 rings (SSSR count).